The highest BCUT2D eigenvalue weighted by Gasteiger charge is 2.36. The van der Waals surface area contributed by atoms with Gasteiger partial charge in [0.25, 0.3) is 0 Å². The SMILES string of the molecule is [C-]#[N+]C[C@H]1CN(c2nc(OC[C@@H]3CCCN3C)nn3c(Cc4c(F)cccc4OCc4ccccc4)cnc23)CCN1C(=O)OCc1ccccc1. The second kappa shape index (κ2) is 16.1. The van der Waals surface area contributed by atoms with Crippen LogP contribution < -0.4 is 14.4 Å². The van der Waals surface area contributed by atoms with Crippen LogP contribution in [0.5, 0.6) is 11.8 Å². The number of piperazine rings is 1. The molecule has 0 spiro atoms. The van der Waals surface area contributed by atoms with Crippen molar-refractivity contribution in [2.45, 2.75) is 44.6 Å². The Morgan fingerprint density at radius 2 is 1.71 bits per heavy atom. The lowest BCUT2D eigenvalue weighted by molar-refractivity contribution is 0.0788. The fraction of sp³-hybridized carbons (Fsp3) is 0.359. The first-order valence-electron chi connectivity index (χ1n) is 17.5. The molecule has 52 heavy (non-hydrogen) atoms. The van der Waals surface area contributed by atoms with E-state index >= 15 is 4.39 Å². The number of amides is 1. The first kappa shape index (κ1) is 34.7. The molecular formula is C39H41FN8O4. The lowest BCUT2D eigenvalue weighted by Gasteiger charge is -2.39. The van der Waals surface area contributed by atoms with Gasteiger partial charge in [-0.3, -0.25) is 4.90 Å². The monoisotopic (exact) mass is 704 g/mol. The Balaban J connectivity index is 1.16. The number of carbonyl (C=O) groups excluding carboxylic acids is 1. The van der Waals surface area contributed by atoms with Crippen molar-refractivity contribution in [2.24, 2.45) is 0 Å². The average molecular weight is 705 g/mol. The molecule has 3 aromatic carbocycles. The van der Waals surface area contributed by atoms with Crippen LogP contribution in [0.15, 0.2) is 85.1 Å². The van der Waals surface area contributed by atoms with E-state index in [1.807, 2.05) is 65.6 Å². The maximum Gasteiger partial charge on any atom is 0.410 e. The highest BCUT2D eigenvalue weighted by Crippen LogP contribution is 2.29. The Kier molecular flexibility index (Phi) is 10.7. The Labute approximate surface area is 302 Å². The number of likely N-dealkylation sites (N-methyl/N-ethyl adjacent to an activating group) is 1. The van der Waals surface area contributed by atoms with Crippen molar-refractivity contribution in [3.63, 3.8) is 0 Å². The normalized spacial score (nSPS) is 17.6. The quantitative estimate of drug-likeness (QED) is 0.153. The maximum absolute atomic E-state index is 15.5. The largest absolute Gasteiger partial charge is 0.489 e. The van der Waals surface area contributed by atoms with Gasteiger partial charge in [0, 0.05) is 37.7 Å². The van der Waals surface area contributed by atoms with Crippen molar-refractivity contribution in [3.8, 4) is 11.8 Å². The number of aromatic nitrogens is 4. The van der Waals surface area contributed by atoms with Crippen molar-refractivity contribution in [1.29, 1.82) is 0 Å². The molecule has 4 heterocycles. The molecule has 7 rings (SSSR count). The summed E-state index contributed by atoms with van der Waals surface area (Å²) in [6.07, 6.45) is 3.47. The van der Waals surface area contributed by atoms with Crippen LogP contribution in [0.4, 0.5) is 15.0 Å². The Morgan fingerprint density at radius 1 is 0.942 bits per heavy atom. The number of fused-ring (bicyclic) bond motifs is 1. The van der Waals surface area contributed by atoms with Crippen molar-refractivity contribution in [2.75, 3.05) is 51.3 Å². The molecule has 2 atom stereocenters. The van der Waals surface area contributed by atoms with E-state index in [1.165, 1.54) is 6.07 Å². The second-order valence-corrected chi connectivity index (χ2v) is 13.1. The summed E-state index contributed by atoms with van der Waals surface area (Å²) in [5.74, 6) is 0.552. The zero-order valence-electron chi connectivity index (χ0n) is 29.1. The van der Waals surface area contributed by atoms with Gasteiger partial charge in [0.2, 0.25) is 6.54 Å². The fourth-order valence-corrected chi connectivity index (χ4v) is 6.76. The van der Waals surface area contributed by atoms with Gasteiger partial charge in [-0.15, -0.1) is 5.10 Å². The second-order valence-electron chi connectivity index (χ2n) is 13.1. The van der Waals surface area contributed by atoms with Gasteiger partial charge in [0.05, 0.1) is 11.9 Å². The topological polar surface area (TPSA) is 102 Å². The number of imidazole rings is 1. The number of ether oxygens (including phenoxy) is 3. The van der Waals surface area contributed by atoms with E-state index in [0.717, 1.165) is 30.5 Å². The lowest BCUT2D eigenvalue weighted by atomic mass is 10.1. The molecule has 268 valence electrons. The number of nitrogens with zero attached hydrogens (tertiary/aromatic N) is 8. The molecule has 2 aromatic heterocycles. The van der Waals surface area contributed by atoms with E-state index in [-0.39, 0.29) is 31.6 Å². The van der Waals surface area contributed by atoms with Crippen LogP contribution in [0.25, 0.3) is 10.5 Å². The molecule has 5 aromatic rings. The van der Waals surface area contributed by atoms with E-state index in [1.54, 1.807) is 27.7 Å². The molecule has 2 fully saturated rings. The van der Waals surface area contributed by atoms with Crippen LogP contribution >= 0.6 is 0 Å². The van der Waals surface area contributed by atoms with Crippen molar-refractivity contribution in [3.05, 3.63) is 125 Å². The summed E-state index contributed by atoms with van der Waals surface area (Å²) in [5.41, 5.74) is 3.33. The van der Waals surface area contributed by atoms with Crippen LogP contribution in [0.2, 0.25) is 0 Å². The Morgan fingerprint density at radius 3 is 2.44 bits per heavy atom. The van der Waals surface area contributed by atoms with Gasteiger partial charge in [-0.25, -0.2) is 25.3 Å². The Bertz CT molecular complexity index is 2020. The van der Waals surface area contributed by atoms with Crippen molar-refractivity contribution < 1.29 is 23.4 Å². The fourth-order valence-electron chi connectivity index (χ4n) is 6.76. The first-order chi connectivity index (χ1) is 25.5. The number of halogens is 1. The molecule has 13 heteroatoms. The standard InChI is InChI=1S/C39H41FN8O4/c1-41-22-32-24-46(19-20-47(32)39(49)52-26-29-13-7-4-8-14-29)37-36-42-23-31(48(36)44-38(43-37)51-27-30-15-10-18-45(30)2)21-33-34(40)16-9-17-35(33)50-25-28-11-5-3-6-12-28/h3-9,11-14,16-17,23,30,32H,10,15,18-22,24-27H2,2H3/t30-,32-/m0/s1. The maximum atomic E-state index is 15.5. The number of benzene rings is 3. The molecule has 2 aliphatic rings. The van der Waals surface area contributed by atoms with E-state index in [0.29, 0.717) is 61.3 Å². The lowest BCUT2D eigenvalue weighted by Crippen LogP contribution is -2.56. The summed E-state index contributed by atoms with van der Waals surface area (Å²) in [6.45, 7) is 10.6. The predicted molar refractivity (Wildman–Crippen MR) is 193 cm³/mol. The van der Waals surface area contributed by atoms with E-state index in [9.17, 15) is 4.79 Å². The van der Waals surface area contributed by atoms with Crippen LogP contribution in [-0.4, -0.2) is 93.9 Å². The summed E-state index contributed by atoms with van der Waals surface area (Å²) < 4.78 is 35.1. The molecule has 0 saturated carbocycles. The molecule has 2 aliphatic heterocycles. The number of anilines is 1. The molecule has 2 saturated heterocycles. The van der Waals surface area contributed by atoms with Gasteiger partial charge in [0.15, 0.2) is 11.5 Å². The van der Waals surface area contributed by atoms with E-state index in [4.69, 9.17) is 35.8 Å². The predicted octanol–water partition coefficient (Wildman–Crippen LogP) is 5.65. The van der Waals surface area contributed by atoms with Gasteiger partial charge in [-0.05, 0) is 49.7 Å². The summed E-state index contributed by atoms with van der Waals surface area (Å²) in [4.78, 5) is 32.4. The number of carbonyl (C=O) groups is 1. The zero-order chi connectivity index (χ0) is 35.9. The molecule has 0 N–H and O–H groups in total. The minimum absolute atomic E-state index is 0.0917. The molecular weight excluding hydrogens is 663 g/mol. The number of likely N-dealkylation sites (tertiary alicyclic amines) is 1. The minimum atomic E-state index is -0.465. The van der Waals surface area contributed by atoms with Crippen LogP contribution in [0.1, 0.15) is 35.2 Å². The van der Waals surface area contributed by atoms with Gasteiger partial charge < -0.3 is 28.9 Å². The van der Waals surface area contributed by atoms with Crippen LogP contribution in [0.3, 0.4) is 0 Å². The Hall–Kier alpha value is -5.74. The van der Waals surface area contributed by atoms with Gasteiger partial charge in [0.1, 0.15) is 37.4 Å². The van der Waals surface area contributed by atoms with Crippen LogP contribution in [0, 0.1) is 12.4 Å². The number of rotatable bonds is 12. The van der Waals surface area contributed by atoms with Crippen molar-refractivity contribution in [1.82, 2.24) is 29.4 Å². The smallest absolute Gasteiger partial charge is 0.410 e. The average Bonchev–Trinajstić information content (AvgIpc) is 3.78. The minimum Gasteiger partial charge on any atom is -0.489 e. The van der Waals surface area contributed by atoms with Crippen molar-refractivity contribution >= 4 is 17.6 Å². The highest BCUT2D eigenvalue weighted by atomic mass is 19.1. The third-order valence-electron chi connectivity index (χ3n) is 9.67. The zero-order valence-corrected chi connectivity index (χ0v) is 29.1. The van der Waals surface area contributed by atoms with Gasteiger partial charge in [-0.2, -0.15) is 4.98 Å². The number of hydrogen-bond donors (Lipinski definition) is 0. The third kappa shape index (κ3) is 7.92. The van der Waals surface area contributed by atoms with Gasteiger partial charge in [-0.1, -0.05) is 66.7 Å². The molecule has 1 amide bonds. The summed E-state index contributed by atoms with van der Waals surface area (Å²) in [7, 11) is 2.08. The molecule has 12 nitrogen and oxygen atoms in total. The molecule has 0 radical (unpaired) electrons. The molecule has 0 unspecified atom stereocenters. The van der Waals surface area contributed by atoms with E-state index in [2.05, 4.69) is 16.8 Å². The summed E-state index contributed by atoms with van der Waals surface area (Å²) in [6, 6.07) is 24.0. The van der Waals surface area contributed by atoms with Gasteiger partial charge >= 0.3 is 12.1 Å². The summed E-state index contributed by atoms with van der Waals surface area (Å²) in [5, 5.41) is 4.76. The molecule has 0 bridgehead atoms. The number of hydrogen-bond acceptors (Lipinski definition) is 9. The summed E-state index contributed by atoms with van der Waals surface area (Å²) >= 11 is 0. The van der Waals surface area contributed by atoms with E-state index < -0.39 is 18.0 Å². The first-order valence-corrected chi connectivity index (χ1v) is 17.5. The highest BCUT2D eigenvalue weighted by molar-refractivity contribution is 5.70. The van der Waals surface area contributed by atoms with Crippen LogP contribution in [-0.2, 0) is 24.4 Å². The molecule has 0 aliphatic carbocycles. The third-order valence-corrected chi connectivity index (χ3v) is 9.67.